The molecule has 102 valence electrons. The van der Waals surface area contributed by atoms with Crippen LogP contribution in [0.1, 0.15) is 12.1 Å². The summed E-state index contributed by atoms with van der Waals surface area (Å²) in [4.78, 5) is 0. The highest BCUT2D eigenvalue weighted by Crippen LogP contribution is 2.39. The molecule has 19 heavy (non-hydrogen) atoms. The van der Waals surface area contributed by atoms with E-state index in [1.165, 1.54) is 0 Å². The number of hydrogen-bond donors (Lipinski definition) is 1. The second kappa shape index (κ2) is 3.99. The van der Waals surface area contributed by atoms with Crippen LogP contribution in [0.2, 0.25) is 0 Å². The minimum atomic E-state index is -3.88. The Labute approximate surface area is 109 Å². The molecule has 1 atom stereocenters. The molecule has 1 aliphatic heterocycles. The lowest BCUT2D eigenvalue weighted by atomic mass is 9.98. The summed E-state index contributed by atoms with van der Waals surface area (Å²) < 4.78 is 43.4. The van der Waals surface area contributed by atoms with Crippen LogP contribution >= 0.6 is 0 Å². The molecule has 1 aromatic heterocycles. The van der Waals surface area contributed by atoms with Gasteiger partial charge in [0.2, 0.25) is 0 Å². The Hall–Kier alpha value is -1.51. The van der Waals surface area contributed by atoms with Crippen LogP contribution in [-0.2, 0) is 15.9 Å². The summed E-state index contributed by atoms with van der Waals surface area (Å²) in [5.41, 5.74) is -1.25. The number of rotatable bonds is 2. The largest absolute Gasteiger partial charge is 0.356 e. The van der Waals surface area contributed by atoms with E-state index in [-0.39, 0.29) is 25.2 Å². The summed E-state index contributed by atoms with van der Waals surface area (Å²) >= 11 is 0. The van der Waals surface area contributed by atoms with Crippen molar-refractivity contribution in [1.82, 2.24) is 9.46 Å². The smallest absolute Gasteiger partial charge is 0.277 e. The maximum Gasteiger partial charge on any atom is 0.277 e. The molecule has 2 aromatic rings. The van der Waals surface area contributed by atoms with E-state index in [0.717, 1.165) is 4.31 Å². The van der Waals surface area contributed by atoms with E-state index in [4.69, 9.17) is 9.66 Å². The zero-order chi connectivity index (χ0) is 13.7. The van der Waals surface area contributed by atoms with Crippen molar-refractivity contribution >= 4 is 21.2 Å². The van der Waals surface area contributed by atoms with E-state index in [1.54, 1.807) is 24.3 Å². The van der Waals surface area contributed by atoms with Gasteiger partial charge in [0.1, 0.15) is 5.69 Å². The van der Waals surface area contributed by atoms with Gasteiger partial charge in [-0.05, 0) is 12.1 Å². The number of para-hydroxylation sites is 1. The first-order valence-corrected chi connectivity index (χ1v) is 7.22. The lowest BCUT2D eigenvalue weighted by Gasteiger charge is -2.17. The number of hydrogen-bond acceptors (Lipinski definition) is 4. The molecule has 0 radical (unpaired) electrons. The van der Waals surface area contributed by atoms with Crippen molar-refractivity contribution < 1.29 is 17.3 Å². The van der Waals surface area contributed by atoms with Crippen LogP contribution in [0, 0.1) is 0 Å². The van der Waals surface area contributed by atoms with Gasteiger partial charge in [-0.3, -0.25) is 0 Å². The molecule has 1 aromatic carbocycles. The molecule has 1 aliphatic rings. The summed E-state index contributed by atoms with van der Waals surface area (Å²) in [5, 5.41) is 9.33. The third-order valence-electron chi connectivity index (χ3n) is 3.35. The van der Waals surface area contributed by atoms with Crippen molar-refractivity contribution in [2.24, 2.45) is 5.14 Å². The topological polar surface area (TPSA) is 89.4 Å². The molecule has 0 spiro atoms. The van der Waals surface area contributed by atoms with E-state index in [2.05, 4.69) is 5.16 Å². The predicted octanol–water partition coefficient (Wildman–Crippen LogP) is 0.902. The normalized spacial score (nSPS) is 25.2. The first-order chi connectivity index (χ1) is 8.90. The van der Waals surface area contributed by atoms with Gasteiger partial charge in [0.05, 0.1) is 6.54 Å². The summed E-state index contributed by atoms with van der Waals surface area (Å²) in [6.07, 6.45) is 0.0138. The average Bonchev–Trinajstić information content (AvgIpc) is 2.92. The summed E-state index contributed by atoms with van der Waals surface area (Å²) in [6.45, 7) is -0.293. The fourth-order valence-electron chi connectivity index (χ4n) is 2.36. The number of benzene rings is 1. The van der Waals surface area contributed by atoms with Crippen molar-refractivity contribution in [2.45, 2.75) is 12.1 Å². The molecular weight excluding hydrogens is 273 g/mol. The van der Waals surface area contributed by atoms with E-state index < -0.39 is 15.9 Å². The predicted molar refractivity (Wildman–Crippen MR) is 66.1 cm³/mol. The second-order valence-corrected chi connectivity index (χ2v) is 6.17. The Morgan fingerprint density at radius 2 is 2.16 bits per heavy atom. The number of fused-ring (bicyclic) bond motifs is 1. The van der Waals surface area contributed by atoms with Gasteiger partial charge in [-0.2, -0.15) is 12.7 Å². The maximum atomic E-state index is 14.9. The molecule has 6 nitrogen and oxygen atoms in total. The zero-order valence-electron chi connectivity index (χ0n) is 9.91. The van der Waals surface area contributed by atoms with Crippen molar-refractivity contribution in [2.75, 3.05) is 13.1 Å². The van der Waals surface area contributed by atoms with Crippen LogP contribution in [0.15, 0.2) is 28.8 Å². The Morgan fingerprint density at radius 3 is 2.84 bits per heavy atom. The third-order valence-corrected chi connectivity index (χ3v) is 4.38. The number of nitrogens with zero attached hydrogens (tertiary/aromatic N) is 2. The Balaban J connectivity index is 2.03. The minimum Gasteiger partial charge on any atom is -0.356 e. The van der Waals surface area contributed by atoms with E-state index >= 15 is 0 Å². The van der Waals surface area contributed by atoms with Gasteiger partial charge in [0.15, 0.2) is 11.3 Å². The first-order valence-electron chi connectivity index (χ1n) is 5.72. The molecule has 2 N–H and O–H groups in total. The van der Waals surface area contributed by atoms with Crippen LogP contribution in [0.5, 0.6) is 0 Å². The Morgan fingerprint density at radius 1 is 1.42 bits per heavy atom. The van der Waals surface area contributed by atoms with Crippen molar-refractivity contribution in [3.8, 4) is 0 Å². The molecule has 1 fully saturated rings. The van der Waals surface area contributed by atoms with Crippen LogP contribution in [0.25, 0.3) is 11.0 Å². The number of nitrogens with two attached hydrogens (primary N) is 1. The van der Waals surface area contributed by atoms with Gasteiger partial charge < -0.3 is 4.52 Å². The molecule has 8 heteroatoms. The van der Waals surface area contributed by atoms with Gasteiger partial charge in [0.25, 0.3) is 10.2 Å². The van der Waals surface area contributed by atoms with Gasteiger partial charge in [-0.15, -0.1) is 0 Å². The van der Waals surface area contributed by atoms with Crippen LogP contribution in [0.4, 0.5) is 4.39 Å². The monoisotopic (exact) mass is 285 g/mol. The highest BCUT2D eigenvalue weighted by atomic mass is 32.2. The highest BCUT2D eigenvalue weighted by molar-refractivity contribution is 7.86. The quantitative estimate of drug-likeness (QED) is 0.887. The lowest BCUT2D eigenvalue weighted by molar-refractivity contribution is 0.171. The summed E-state index contributed by atoms with van der Waals surface area (Å²) in [5.74, 6) is 0. The van der Waals surface area contributed by atoms with Gasteiger partial charge in [-0.25, -0.2) is 9.53 Å². The zero-order valence-corrected chi connectivity index (χ0v) is 10.7. The third kappa shape index (κ3) is 2.01. The van der Waals surface area contributed by atoms with Crippen molar-refractivity contribution in [1.29, 1.82) is 0 Å². The molecule has 0 aliphatic carbocycles. The van der Waals surface area contributed by atoms with Crippen LogP contribution in [0.3, 0.4) is 0 Å². The molecule has 0 amide bonds. The molecule has 3 rings (SSSR count). The fraction of sp³-hybridized carbons (Fsp3) is 0.364. The standard InChI is InChI=1S/C11H12FN3O3S/c12-11(5-6-15(7-11)19(13,16)17)10-8-3-1-2-4-9(8)18-14-10/h1-4H,5-7H2,(H2,13,16,17). The van der Waals surface area contributed by atoms with Gasteiger partial charge in [-0.1, -0.05) is 17.3 Å². The molecule has 1 unspecified atom stereocenters. The second-order valence-electron chi connectivity index (χ2n) is 4.62. The maximum absolute atomic E-state index is 14.9. The van der Waals surface area contributed by atoms with Crippen LogP contribution in [-0.4, -0.2) is 31.0 Å². The van der Waals surface area contributed by atoms with E-state index in [9.17, 15) is 12.8 Å². The van der Waals surface area contributed by atoms with Crippen molar-refractivity contribution in [3.63, 3.8) is 0 Å². The molecular formula is C11H12FN3O3S. The SMILES string of the molecule is NS(=O)(=O)N1CCC(F)(c2noc3ccccc23)C1. The van der Waals surface area contributed by atoms with Gasteiger partial charge >= 0.3 is 0 Å². The molecule has 2 heterocycles. The van der Waals surface area contributed by atoms with Crippen LogP contribution < -0.4 is 5.14 Å². The molecule has 0 bridgehead atoms. The van der Waals surface area contributed by atoms with Crippen molar-refractivity contribution in [3.05, 3.63) is 30.0 Å². The highest BCUT2D eigenvalue weighted by Gasteiger charge is 2.46. The van der Waals surface area contributed by atoms with Gasteiger partial charge in [0, 0.05) is 18.4 Å². The van der Waals surface area contributed by atoms with E-state index in [0.29, 0.717) is 11.0 Å². The molecule has 0 saturated carbocycles. The first kappa shape index (κ1) is 12.5. The average molecular weight is 285 g/mol. The lowest BCUT2D eigenvalue weighted by Crippen LogP contribution is -2.37. The Bertz CT molecular complexity index is 730. The summed E-state index contributed by atoms with van der Waals surface area (Å²) in [7, 11) is -3.88. The summed E-state index contributed by atoms with van der Waals surface area (Å²) in [6, 6.07) is 6.88. The molecule has 1 saturated heterocycles. The Kier molecular flexibility index (Phi) is 2.63. The fourth-order valence-corrected chi connectivity index (χ4v) is 3.09. The minimum absolute atomic E-state index is 0.0138. The number of aromatic nitrogens is 1. The van der Waals surface area contributed by atoms with E-state index in [1.807, 2.05) is 0 Å². The number of halogens is 1. The number of alkyl halides is 1.